The highest BCUT2D eigenvalue weighted by molar-refractivity contribution is 5.92. The third-order valence-electron chi connectivity index (χ3n) is 3.64. The van der Waals surface area contributed by atoms with Crippen molar-refractivity contribution in [3.63, 3.8) is 0 Å². The Hall–Kier alpha value is -2.76. The van der Waals surface area contributed by atoms with E-state index in [0.717, 1.165) is 31.0 Å². The van der Waals surface area contributed by atoms with Crippen LogP contribution in [0.25, 0.3) is 0 Å². The Bertz CT molecular complexity index is 760. The minimum atomic E-state index is -1.15. The second-order valence-corrected chi connectivity index (χ2v) is 5.61. The van der Waals surface area contributed by atoms with Gasteiger partial charge in [0.2, 0.25) is 6.10 Å². The van der Waals surface area contributed by atoms with Crippen LogP contribution in [-0.4, -0.2) is 17.9 Å². The van der Waals surface area contributed by atoms with Gasteiger partial charge in [-0.3, -0.25) is 4.79 Å². The predicted molar refractivity (Wildman–Crippen MR) is 82.1 cm³/mol. The first-order valence-corrected chi connectivity index (χ1v) is 7.56. The van der Waals surface area contributed by atoms with Crippen LogP contribution in [0.15, 0.2) is 48.5 Å². The van der Waals surface area contributed by atoms with E-state index in [1.54, 1.807) is 30.3 Å². The minimum absolute atomic E-state index is 0.102. The Morgan fingerprint density at radius 2 is 1.75 bits per heavy atom. The fourth-order valence-electron chi connectivity index (χ4n) is 2.20. The molecule has 0 spiro atoms. The number of hydrogen-bond acceptors (Lipinski definition) is 3. The van der Waals surface area contributed by atoms with Gasteiger partial charge < -0.3 is 10.1 Å². The maximum Gasteiger partial charge on any atom is 0.339 e. The first-order chi connectivity index (χ1) is 11.5. The van der Waals surface area contributed by atoms with Crippen molar-refractivity contribution in [1.82, 2.24) is 5.32 Å². The van der Waals surface area contributed by atoms with Crippen LogP contribution in [0.3, 0.4) is 0 Å². The van der Waals surface area contributed by atoms with Crippen LogP contribution in [0, 0.1) is 11.6 Å². The van der Waals surface area contributed by atoms with Gasteiger partial charge in [0.15, 0.2) is 11.6 Å². The fraction of sp³-hybridized carbons (Fsp3) is 0.222. The molecule has 0 unspecified atom stereocenters. The summed E-state index contributed by atoms with van der Waals surface area (Å²) in [6, 6.07) is 11.3. The van der Waals surface area contributed by atoms with Crippen molar-refractivity contribution in [3.8, 4) is 0 Å². The number of halogens is 2. The maximum absolute atomic E-state index is 13.3. The molecule has 24 heavy (non-hydrogen) atoms. The van der Waals surface area contributed by atoms with Gasteiger partial charge in [-0.2, -0.15) is 0 Å². The summed E-state index contributed by atoms with van der Waals surface area (Å²) in [5, 5.41) is 2.78. The average molecular weight is 331 g/mol. The van der Waals surface area contributed by atoms with Crippen LogP contribution < -0.4 is 5.32 Å². The summed E-state index contributed by atoms with van der Waals surface area (Å²) in [4.78, 5) is 24.6. The quantitative estimate of drug-likeness (QED) is 0.857. The Labute approximate surface area is 137 Å². The van der Waals surface area contributed by atoms with E-state index >= 15 is 0 Å². The van der Waals surface area contributed by atoms with Crippen molar-refractivity contribution in [3.05, 3.63) is 71.3 Å². The number of esters is 1. The largest absolute Gasteiger partial charge is 0.444 e. The lowest BCUT2D eigenvalue weighted by atomic mass is 10.1. The predicted octanol–water partition coefficient (Wildman–Crippen LogP) is 3.14. The van der Waals surface area contributed by atoms with Crippen molar-refractivity contribution in [2.45, 2.75) is 25.0 Å². The monoisotopic (exact) mass is 331 g/mol. The third kappa shape index (κ3) is 3.76. The molecule has 1 fully saturated rings. The molecule has 1 atom stereocenters. The first-order valence-electron chi connectivity index (χ1n) is 7.56. The summed E-state index contributed by atoms with van der Waals surface area (Å²) in [5.41, 5.74) is 0.348. The van der Waals surface area contributed by atoms with Gasteiger partial charge in [0, 0.05) is 11.6 Å². The highest BCUT2D eigenvalue weighted by Crippen LogP contribution is 2.24. The molecular weight excluding hydrogens is 316 g/mol. The van der Waals surface area contributed by atoms with E-state index in [-0.39, 0.29) is 11.6 Å². The topological polar surface area (TPSA) is 55.4 Å². The second kappa shape index (κ2) is 6.78. The number of rotatable bonds is 5. The highest BCUT2D eigenvalue weighted by atomic mass is 19.2. The van der Waals surface area contributed by atoms with E-state index in [4.69, 9.17) is 4.74 Å². The van der Waals surface area contributed by atoms with E-state index in [1.807, 2.05) is 0 Å². The summed E-state index contributed by atoms with van der Waals surface area (Å²) < 4.78 is 31.5. The van der Waals surface area contributed by atoms with Crippen molar-refractivity contribution in [2.75, 3.05) is 0 Å². The van der Waals surface area contributed by atoms with Crippen LogP contribution in [0.4, 0.5) is 8.78 Å². The van der Waals surface area contributed by atoms with Gasteiger partial charge in [-0.05, 0) is 31.0 Å². The molecule has 1 aliphatic carbocycles. The molecule has 0 radical (unpaired) electrons. The molecule has 0 saturated heterocycles. The SMILES string of the molecule is O=C(O[C@@H](C(=O)NC1CC1)c1ccccc1)c1ccc(F)c(F)c1. The molecule has 1 amide bonds. The van der Waals surface area contributed by atoms with Gasteiger partial charge in [-0.1, -0.05) is 30.3 Å². The molecule has 0 heterocycles. The lowest BCUT2D eigenvalue weighted by Gasteiger charge is -2.18. The molecule has 4 nitrogen and oxygen atoms in total. The second-order valence-electron chi connectivity index (χ2n) is 5.61. The molecule has 6 heteroatoms. The number of carbonyl (C=O) groups is 2. The Balaban J connectivity index is 1.81. The molecule has 124 valence electrons. The number of hydrogen-bond donors (Lipinski definition) is 1. The van der Waals surface area contributed by atoms with Crippen molar-refractivity contribution < 1.29 is 23.1 Å². The van der Waals surface area contributed by atoms with Crippen LogP contribution in [-0.2, 0) is 9.53 Å². The minimum Gasteiger partial charge on any atom is -0.444 e. The third-order valence-corrected chi connectivity index (χ3v) is 3.64. The highest BCUT2D eigenvalue weighted by Gasteiger charge is 2.31. The Morgan fingerprint density at radius 3 is 2.38 bits per heavy atom. The summed E-state index contributed by atoms with van der Waals surface area (Å²) in [6.07, 6.45) is 0.641. The molecule has 1 N–H and O–H groups in total. The van der Waals surface area contributed by atoms with Gasteiger partial charge in [0.1, 0.15) is 0 Å². The molecule has 2 aromatic rings. The number of nitrogens with one attached hydrogen (secondary N) is 1. The summed E-state index contributed by atoms with van der Waals surface area (Å²) in [5.74, 6) is -3.53. The van der Waals surface area contributed by atoms with Crippen LogP contribution in [0.5, 0.6) is 0 Å². The molecule has 1 aliphatic rings. The normalized spacial score (nSPS) is 14.8. The standard InChI is InChI=1S/C18H15F2NO3/c19-14-9-6-12(10-15(14)20)18(23)24-16(11-4-2-1-3-5-11)17(22)21-13-7-8-13/h1-6,9-10,13,16H,7-8H2,(H,21,22)/t16-/m1/s1. The lowest BCUT2D eigenvalue weighted by molar-refractivity contribution is -0.130. The van der Waals surface area contributed by atoms with E-state index in [0.29, 0.717) is 5.56 Å². The number of ether oxygens (including phenoxy) is 1. The fourth-order valence-corrected chi connectivity index (χ4v) is 2.20. The van der Waals surface area contributed by atoms with Crippen molar-refractivity contribution >= 4 is 11.9 Å². The zero-order valence-electron chi connectivity index (χ0n) is 12.7. The number of carbonyl (C=O) groups excluding carboxylic acids is 2. The Morgan fingerprint density at radius 1 is 1.04 bits per heavy atom. The molecule has 3 rings (SSSR count). The summed E-state index contributed by atoms with van der Waals surface area (Å²) in [7, 11) is 0. The van der Waals surface area contributed by atoms with Gasteiger partial charge in [0.05, 0.1) is 5.56 Å². The van der Waals surface area contributed by atoms with Crippen LogP contribution in [0.1, 0.15) is 34.9 Å². The molecule has 1 saturated carbocycles. The molecular formula is C18H15F2NO3. The van der Waals surface area contributed by atoms with E-state index in [2.05, 4.69) is 5.32 Å². The molecule has 0 bridgehead atoms. The zero-order chi connectivity index (χ0) is 17.1. The van der Waals surface area contributed by atoms with Crippen molar-refractivity contribution in [1.29, 1.82) is 0 Å². The summed E-state index contributed by atoms with van der Waals surface area (Å²) >= 11 is 0. The Kier molecular flexibility index (Phi) is 4.55. The van der Waals surface area contributed by atoms with Crippen LogP contribution in [0.2, 0.25) is 0 Å². The number of benzene rings is 2. The lowest BCUT2D eigenvalue weighted by Crippen LogP contribution is -2.33. The summed E-state index contributed by atoms with van der Waals surface area (Å²) in [6.45, 7) is 0. The van der Waals surface area contributed by atoms with Gasteiger partial charge in [0.25, 0.3) is 5.91 Å². The zero-order valence-corrected chi connectivity index (χ0v) is 12.7. The van der Waals surface area contributed by atoms with E-state index in [9.17, 15) is 18.4 Å². The van der Waals surface area contributed by atoms with Gasteiger partial charge in [-0.15, -0.1) is 0 Å². The van der Waals surface area contributed by atoms with Gasteiger partial charge >= 0.3 is 5.97 Å². The maximum atomic E-state index is 13.3. The smallest absolute Gasteiger partial charge is 0.339 e. The number of amides is 1. The van der Waals surface area contributed by atoms with E-state index in [1.165, 1.54) is 0 Å². The first kappa shape index (κ1) is 16.1. The molecule has 0 aliphatic heterocycles. The average Bonchev–Trinajstić information content (AvgIpc) is 3.39. The van der Waals surface area contributed by atoms with E-state index < -0.39 is 29.6 Å². The molecule has 0 aromatic heterocycles. The van der Waals surface area contributed by atoms with Crippen LogP contribution >= 0.6 is 0 Å². The molecule has 2 aromatic carbocycles. The van der Waals surface area contributed by atoms with Crippen molar-refractivity contribution in [2.24, 2.45) is 0 Å². The van der Waals surface area contributed by atoms with Gasteiger partial charge in [-0.25, -0.2) is 13.6 Å².